The van der Waals surface area contributed by atoms with Gasteiger partial charge in [-0.2, -0.15) is 0 Å². The number of hydrogen-bond acceptors (Lipinski definition) is 5. The van der Waals surface area contributed by atoms with Crippen molar-refractivity contribution < 1.29 is 14.4 Å². The van der Waals surface area contributed by atoms with E-state index in [0.717, 1.165) is 48.5 Å². The molecule has 8 heteroatoms. The van der Waals surface area contributed by atoms with E-state index in [9.17, 15) is 14.4 Å². The number of aryl methyl sites for hydroxylation is 1. The first-order valence-electron chi connectivity index (χ1n) is 12.0. The van der Waals surface area contributed by atoms with Crippen LogP contribution in [0.1, 0.15) is 47.7 Å². The Bertz CT molecular complexity index is 1340. The number of rotatable bonds is 5. The van der Waals surface area contributed by atoms with Crippen molar-refractivity contribution in [2.45, 2.75) is 51.9 Å². The van der Waals surface area contributed by atoms with E-state index in [0.29, 0.717) is 18.5 Å². The molecule has 2 saturated heterocycles. The van der Waals surface area contributed by atoms with Crippen LogP contribution >= 0.6 is 0 Å². The lowest BCUT2D eigenvalue weighted by atomic mass is 10.0. The Morgan fingerprint density at radius 3 is 2.71 bits per heavy atom. The predicted octanol–water partition coefficient (Wildman–Crippen LogP) is 2.69. The molecule has 34 heavy (non-hydrogen) atoms. The molecule has 3 aromatic rings. The Kier molecular flexibility index (Phi) is 4.99. The van der Waals surface area contributed by atoms with Crippen molar-refractivity contribution in [2.75, 3.05) is 13.1 Å². The summed E-state index contributed by atoms with van der Waals surface area (Å²) in [5.74, 6) is -0.820. The number of amides is 3. The first kappa shape index (κ1) is 21.0. The predicted molar refractivity (Wildman–Crippen MR) is 127 cm³/mol. The number of hydrogen-bond donors (Lipinski definition) is 1. The lowest BCUT2D eigenvalue weighted by Crippen LogP contribution is -2.52. The molecular formula is C26H27N5O3. The van der Waals surface area contributed by atoms with Gasteiger partial charge in [-0.05, 0) is 68.2 Å². The molecule has 1 unspecified atom stereocenters. The minimum absolute atomic E-state index is 0.155. The van der Waals surface area contributed by atoms with Crippen molar-refractivity contribution in [3.8, 4) is 11.3 Å². The molecule has 8 nitrogen and oxygen atoms in total. The Labute approximate surface area is 197 Å². The largest absolute Gasteiger partial charge is 0.346 e. The van der Waals surface area contributed by atoms with Crippen LogP contribution in [0.3, 0.4) is 0 Å². The van der Waals surface area contributed by atoms with Crippen LogP contribution in [-0.2, 0) is 29.2 Å². The molecule has 6 rings (SSSR count). The first-order chi connectivity index (χ1) is 16.5. The maximum absolute atomic E-state index is 13.0. The smallest absolute Gasteiger partial charge is 0.255 e. The highest BCUT2D eigenvalue weighted by Gasteiger charge is 2.39. The summed E-state index contributed by atoms with van der Waals surface area (Å²) in [6.07, 6.45) is 3.96. The first-order valence-corrected chi connectivity index (χ1v) is 12.0. The molecule has 0 aliphatic carbocycles. The number of aromatic nitrogens is 2. The van der Waals surface area contributed by atoms with E-state index in [1.807, 2.05) is 18.2 Å². The molecule has 174 valence electrons. The van der Waals surface area contributed by atoms with Gasteiger partial charge in [0.25, 0.3) is 5.91 Å². The van der Waals surface area contributed by atoms with Crippen LogP contribution in [0.15, 0.2) is 36.5 Å². The van der Waals surface area contributed by atoms with Crippen LogP contribution in [0.5, 0.6) is 0 Å². The fourth-order valence-corrected chi connectivity index (χ4v) is 5.34. The average molecular weight is 458 g/mol. The normalized spacial score (nSPS) is 20.6. The molecule has 3 amide bonds. The molecule has 2 fully saturated rings. The van der Waals surface area contributed by atoms with Gasteiger partial charge in [0, 0.05) is 43.4 Å². The SMILES string of the molecule is CCn1ccc2nc(-c3ccc4c(c3)CN(C3CCC(=O)NC3=O)C4=O)cc(CN3CCC3)c21. The number of piperidine rings is 1. The summed E-state index contributed by atoms with van der Waals surface area (Å²) in [4.78, 5) is 45.9. The summed E-state index contributed by atoms with van der Waals surface area (Å²) in [6, 6.07) is 9.47. The van der Waals surface area contributed by atoms with E-state index in [2.05, 4.69) is 40.0 Å². The molecule has 3 aliphatic rings. The average Bonchev–Trinajstić information content (AvgIpc) is 3.36. The molecule has 0 spiro atoms. The molecule has 0 bridgehead atoms. The molecule has 0 radical (unpaired) electrons. The summed E-state index contributed by atoms with van der Waals surface area (Å²) in [7, 11) is 0. The maximum Gasteiger partial charge on any atom is 0.255 e. The van der Waals surface area contributed by atoms with Gasteiger partial charge in [0.05, 0.1) is 16.7 Å². The van der Waals surface area contributed by atoms with Gasteiger partial charge in [0.15, 0.2) is 0 Å². The van der Waals surface area contributed by atoms with Gasteiger partial charge in [0.2, 0.25) is 11.8 Å². The third kappa shape index (κ3) is 3.40. The standard InChI is InChI=1S/C26H27N5O3/c1-2-30-11-8-20-24(30)18(14-29-9-3-10-29)13-21(27-20)16-4-5-19-17(12-16)15-31(26(19)34)22-6-7-23(32)28-25(22)33/h4-5,8,11-13,22H,2-3,6-7,9-10,14-15H2,1H3,(H,28,32,33). The fourth-order valence-electron chi connectivity index (χ4n) is 5.34. The highest BCUT2D eigenvalue weighted by atomic mass is 16.2. The quantitative estimate of drug-likeness (QED) is 0.596. The lowest BCUT2D eigenvalue weighted by Gasteiger charge is -2.31. The zero-order valence-electron chi connectivity index (χ0n) is 19.2. The van der Waals surface area contributed by atoms with E-state index in [1.54, 1.807) is 4.90 Å². The van der Waals surface area contributed by atoms with Gasteiger partial charge in [-0.1, -0.05) is 6.07 Å². The number of carbonyl (C=O) groups is 3. The number of nitrogens with zero attached hydrogens (tertiary/aromatic N) is 4. The van der Waals surface area contributed by atoms with Gasteiger partial charge in [-0.3, -0.25) is 24.6 Å². The third-order valence-corrected chi connectivity index (χ3v) is 7.30. The van der Waals surface area contributed by atoms with Gasteiger partial charge in [-0.15, -0.1) is 0 Å². The summed E-state index contributed by atoms with van der Waals surface area (Å²) < 4.78 is 2.25. The molecule has 3 aliphatic heterocycles. The van der Waals surface area contributed by atoms with Gasteiger partial charge in [0.1, 0.15) is 6.04 Å². The number of fused-ring (bicyclic) bond motifs is 2. The van der Waals surface area contributed by atoms with Crippen LogP contribution in [-0.4, -0.2) is 56.2 Å². The Morgan fingerprint density at radius 1 is 1.12 bits per heavy atom. The van der Waals surface area contributed by atoms with E-state index in [4.69, 9.17) is 4.98 Å². The van der Waals surface area contributed by atoms with Crippen LogP contribution in [0.25, 0.3) is 22.3 Å². The van der Waals surface area contributed by atoms with Gasteiger partial charge in [-0.25, -0.2) is 4.98 Å². The Balaban J connectivity index is 1.34. The van der Waals surface area contributed by atoms with Crippen molar-refractivity contribution >= 4 is 28.8 Å². The summed E-state index contributed by atoms with van der Waals surface area (Å²) in [6.45, 7) is 6.57. The van der Waals surface area contributed by atoms with Crippen molar-refractivity contribution in [1.29, 1.82) is 0 Å². The van der Waals surface area contributed by atoms with Crippen LogP contribution in [0, 0.1) is 0 Å². The van der Waals surface area contributed by atoms with E-state index < -0.39 is 6.04 Å². The van der Waals surface area contributed by atoms with Gasteiger partial charge < -0.3 is 9.47 Å². The number of likely N-dealkylation sites (tertiary alicyclic amines) is 1. The van der Waals surface area contributed by atoms with Crippen LogP contribution < -0.4 is 5.32 Å². The molecule has 1 aromatic carbocycles. The highest BCUT2D eigenvalue weighted by molar-refractivity contribution is 6.05. The molecule has 1 N–H and O–H groups in total. The minimum atomic E-state index is -0.604. The van der Waals surface area contributed by atoms with Crippen molar-refractivity contribution in [3.05, 3.63) is 53.2 Å². The molecule has 5 heterocycles. The van der Waals surface area contributed by atoms with Crippen molar-refractivity contribution in [3.63, 3.8) is 0 Å². The third-order valence-electron chi connectivity index (χ3n) is 7.30. The van der Waals surface area contributed by atoms with E-state index in [1.165, 1.54) is 17.5 Å². The van der Waals surface area contributed by atoms with Crippen molar-refractivity contribution in [1.82, 2.24) is 24.7 Å². The summed E-state index contributed by atoms with van der Waals surface area (Å²) in [5.41, 5.74) is 6.82. The minimum Gasteiger partial charge on any atom is -0.346 e. The molecule has 1 atom stereocenters. The topological polar surface area (TPSA) is 87.5 Å². The van der Waals surface area contributed by atoms with E-state index >= 15 is 0 Å². The Morgan fingerprint density at radius 2 is 1.97 bits per heavy atom. The van der Waals surface area contributed by atoms with E-state index in [-0.39, 0.29) is 24.1 Å². The maximum atomic E-state index is 13.0. The molecule has 0 saturated carbocycles. The van der Waals surface area contributed by atoms with Crippen LogP contribution in [0.4, 0.5) is 0 Å². The number of imide groups is 1. The monoisotopic (exact) mass is 457 g/mol. The fraction of sp³-hybridized carbons (Fsp3) is 0.385. The molecule has 2 aromatic heterocycles. The zero-order valence-corrected chi connectivity index (χ0v) is 19.2. The second kappa shape index (κ2) is 8.06. The zero-order chi connectivity index (χ0) is 23.4. The highest BCUT2D eigenvalue weighted by Crippen LogP contribution is 2.33. The Hall–Kier alpha value is -3.52. The summed E-state index contributed by atoms with van der Waals surface area (Å²) >= 11 is 0. The second-order valence-electron chi connectivity index (χ2n) is 9.40. The number of benzene rings is 1. The van der Waals surface area contributed by atoms with Crippen LogP contribution in [0.2, 0.25) is 0 Å². The summed E-state index contributed by atoms with van der Waals surface area (Å²) in [5, 5.41) is 2.36. The number of pyridine rings is 1. The lowest BCUT2D eigenvalue weighted by molar-refractivity contribution is -0.136. The second-order valence-corrected chi connectivity index (χ2v) is 9.40. The van der Waals surface area contributed by atoms with Crippen molar-refractivity contribution in [2.24, 2.45) is 0 Å². The molecular weight excluding hydrogens is 430 g/mol. The number of nitrogens with one attached hydrogen (secondary N) is 1. The van der Waals surface area contributed by atoms with Gasteiger partial charge >= 0.3 is 0 Å². The number of carbonyl (C=O) groups excluding carboxylic acids is 3.